The second kappa shape index (κ2) is 10.2. The molecule has 0 aliphatic heterocycles. The second-order valence-electron chi connectivity index (χ2n) is 5.76. The van der Waals surface area contributed by atoms with Gasteiger partial charge in [0.2, 0.25) is 11.6 Å². The van der Waals surface area contributed by atoms with Gasteiger partial charge in [0, 0.05) is 0 Å². The van der Waals surface area contributed by atoms with Gasteiger partial charge < -0.3 is 9.47 Å². The van der Waals surface area contributed by atoms with Crippen LogP contribution in [-0.4, -0.2) is 19.4 Å². The van der Waals surface area contributed by atoms with Crippen molar-refractivity contribution in [3.05, 3.63) is 35.9 Å². The Morgan fingerprint density at radius 1 is 1.04 bits per heavy atom. The zero-order valence-corrected chi connectivity index (χ0v) is 14.0. The van der Waals surface area contributed by atoms with Gasteiger partial charge in [0.15, 0.2) is 11.5 Å². The molecule has 2 nitrogen and oxygen atoms in total. The quantitative estimate of drug-likeness (QED) is 0.530. The van der Waals surface area contributed by atoms with Gasteiger partial charge >= 0.3 is 0 Å². The highest BCUT2D eigenvalue weighted by Crippen LogP contribution is 2.27. The summed E-state index contributed by atoms with van der Waals surface area (Å²) in [6.07, 6.45) is 4.78. The van der Waals surface area contributed by atoms with Crippen LogP contribution in [-0.2, 0) is 0 Å². The van der Waals surface area contributed by atoms with Crippen molar-refractivity contribution in [1.29, 1.82) is 0 Å². The van der Waals surface area contributed by atoms with Crippen molar-refractivity contribution in [2.45, 2.75) is 46.2 Å². The van der Waals surface area contributed by atoms with E-state index in [1.807, 2.05) is 6.08 Å². The van der Waals surface area contributed by atoms with Crippen molar-refractivity contribution < 1.29 is 22.6 Å². The number of benzene rings is 1. The number of hydrogen-bond donors (Lipinski definition) is 0. The van der Waals surface area contributed by atoms with Crippen LogP contribution in [0.4, 0.5) is 13.2 Å². The maximum absolute atomic E-state index is 13.9. The molecule has 0 aliphatic rings. The fourth-order valence-corrected chi connectivity index (χ4v) is 1.79. The molecule has 5 heteroatoms. The Bertz CT molecular complexity index is 501. The first kappa shape index (κ1) is 19.4. The van der Waals surface area contributed by atoms with E-state index in [-0.39, 0.29) is 31.1 Å². The van der Waals surface area contributed by atoms with E-state index in [9.17, 15) is 13.2 Å². The average Bonchev–Trinajstić information content (AvgIpc) is 2.53. The first-order valence-corrected chi connectivity index (χ1v) is 7.98. The first-order chi connectivity index (χ1) is 11.0. The number of alkyl halides is 1. The molecule has 0 radical (unpaired) electrons. The van der Waals surface area contributed by atoms with Crippen molar-refractivity contribution in [1.82, 2.24) is 0 Å². The van der Waals surface area contributed by atoms with Gasteiger partial charge in [-0.05, 0) is 37.3 Å². The molecule has 1 unspecified atom stereocenters. The summed E-state index contributed by atoms with van der Waals surface area (Å²) in [6.45, 7) is 5.79. The van der Waals surface area contributed by atoms with Crippen molar-refractivity contribution in [2.24, 2.45) is 5.92 Å². The van der Waals surface area contributed by atoms with E-state index in [0.29, 0.717) is 5.92 Å². The minimum Gasteiger partial charge on any atom is -0.487 e. The number of hydrogen-bond acceptors (Lipinski definition) is 2. The van der Waals surface area contributed by atoms with Gasteiger partial charge in [0.1, 0.15) is 19.4 Å². The molecule has 0 aromatic heterocycles. The number of halogens is 3. The van der Waals surface area contributed by atoms with Gasteiger partial charge in [-0.2, -0.15) is 8.78 Å². The van der Waals surface area contributed by atoms with E-state index >= 15 is 0 Å². The Kier molecular flexibility index (Phi) is 8.59. The molecule has 0 fully saturated rings. The first-order valence-electron chi connectivity index (χ1n) is 7.98. The summed E-state index contributed by atoms with van der Waals surface area (Å²) in [7, 11) is 0. The van der Waals surface area contributed by atoms with Gasteiger partial charge in [-0.25, -0.2) is 4.39 Å². The number of allylic oxidation sites excluding steroid dienone is 1. The molecular formula is C18H25F3O2. The SMILES string of the molecule is CCC(F)COc1ccc(OC/C=C/CCC(C)C)c(F)c1F. The van der Waals surface area contributed by atoms with Crippen LogP contribution in [0.5, 0.6) is 11.5 Å². The predicted octanol–water partition coefficient (Wildman–Crippen LogP) is 5.46. The Morgan fingerprint density at radius 2 is 1.65 bits per heavy atom. The fourth-order valence-electron chi connectivity index (χ4n) is 1.79. The summed E-state index contributed by atoms with van der Waals surface area (Å²) in [5.41, 5.74) is 0. The summed E-state index contributed by atoms with van der Waals surface area (Å²) in [5.74, 6) is -2.15. The third kappa shape index (κ3) is 6.97. The predicted molar refractivity (Wildman–Crippen MR) is 85.7 cm³/mol. The van der Waals surface area contributed by atoms with E-state index in [1.165, 1.54) is 12.1 Å². The Hall–Kier alpha value is -1.65. The molecular weight excluding hydrogens is 305 g/mol. The average molecular weight is 330 g/mol. The van der Waals surface area contributed by atoms with Crippen molar-refractivity contribution >= 4 is 0 Å². The second-order valence-corrected chi connectivity index (χ2v) is 5.76. The molecule has 23 heavy (non-hydrogen) atoms. The van der Waals surface area contributed by atoms with Crippen LogP contribution in [0.1, 0.15) is 40.0 Å². The highest BCUT2D eigenvalue weighted by atomic mass is 19.2. The van der Waals surface area contributed by atoms with E-state index in [2.05, 4.69) is 13.8 Å². The van der Waals surface area contributed by atoms with Crippen LogP contribution >= 0.6 is 0 Å². The van der Waals surface area contributed by atoms with Crippen LogP contribution in [0.25, 0.3) is 0 Å². The summed E-state index contributed by atoms with van der Waals surface area (Å²) >= 11 is 0. The lowest BCUT2D eigenvalue weighted by molar-refractivity contribution is 0.184. The lowest BCUT2D eigenvalue weighted by Crippen LogP contribution is -2.12. The molecule has 0 saturated heterocycles. The highest BCUT2D eigenvalue weighted by molar-refractivity contribution is 5.35. The van der Waals surface area contributed by atoms with Crippen LogP contribution < -0.4 is 9.47 Å². The van der Waals surface area contributed by atoms with Crippen LogP contribution in [0.15, 0.2) is 24.3 Å². The van der Waals surface area contributed by atoms with E-state index in [4.69, 9.17) is 9.47 Å². The summed E-state index contributed by atoms with van der Waals surface area (Å²) in [4.78, 5) is 0. The van der Waals surface area contributed by atoms with Crippen LogP contribution in [0, 0.1) is 17.6 Å². The fraction of sp³-hybridized carbons (Fsp3) is 0.556. The zero-order valence-electron chi connectivity index (χ0n) is 14.0. The van der Waals surface area contributed by atoms with Gasteiger partial charge in [-0.15, -0.1) is 0 Å². The molecule has 1 aromatic carbocycles. The van der Waals surface area contributed by atoms with Gasteiger partial charge in [-0.1, -0.05) is 32.9 Å². The largest absolute Gasteiger partial charge is 0.487 e. The molecule has 1 rings (SSSR count). The molecule has 0 N–H and O–H groups in total. The minimum absolute atomic E-state index is 0.164. The Balaban J connectivity index is 2.53. The summed E-state index contributed by atoms with van der Waals surface area (Å²) in [6, 6.07) is 2.54. The maximum atomic E-state index is 13.9. The van der Waals surface area contributed by atoms with Gasteiger partial charge in [0.25, 0.3) is 0 Å². The normalized spacial score (nSPS) is 12.8. The molecule has 0 saturated carbocycles. The van der Waals surface area contributed by atoms with Gasteiger partial charge in [0.05, 0.1) is 0 Å². The molecule has 0 aliphatic carbocycles. The van der Waals surface area contributed by atoms with E-state index < -0.39 is 17.8 Å². The molecule has 0 bridgehead atoms. The monoisotopic (exact) mass is 330 g/mol. The standard InChI is InChI=1S/C18H25F3O2/c1-4-14(19)12-23-16-10-9-15(17(20)18(16)21)22-11-7-5-6-8-13(2)3/h5,7,9-10,13-14H,4,6,8,11-12H2,1-3H3/b7-5+. The van der Waals surface area contributed by atoms with Crippen LogP contribution in [0.3, 0.4) is 0 Å². The minimum atomic E-state index is -1.20. The summed E-state index contributed by atoms with van der Waals surface area (Å²) in [5, 5.41) is 0. The molecule has 1 aromatic rings. The molecule has 130 valence electrons. The zero-order chi connectivity index (χ0) is 17.2. The Labute approximate surface area is 136 Å². The molecule has 0 amide bonds. The lowest BCUT2D eigenvalue weighted by atomic mass is 10.1. The molecule has 0 heterocycles. The maximum Gasteiger partial charge on any atom is 0.204 e. The van der Waals surface area contributed by atoms with Crippen molar-refractivity contribution in [3.63, 3.8) is 0 Å². The van der Waals surface area contributed by atoms with Gasteiger partial charge in [-0.3, -0.25) is 0 Å². The summed E-state index contributed by atoms with van der Waals surface area (Å²) < 4.78 is 50.9. The third-order valence-electron chi connectivity index (χ3n) is 3.29. The number of rotatable bonds is 10. The highest BCUT2D eigenvalue weighted by Gasteiger charge is 2.16. The van der Waals surface area contributed by atoms with Crippen molar-refractivity contribution in [2.75, 3.05) is 13.2 Å². The number of ether oxygens (including phenoxy) is 2. The smallest absolute Gasteiger partial charge is 0.204 e. The van der Waals surface area contributed by atoms with E-state index in [1.54, 1.807) is 13.0 Å². The van der Waals surface area contributed by atoms with E-state index in [0.717, 1.165) is 12.8 Å². The van der Waals surface area contributed by atoms with Crippen molar-refractivity contribution in [3.8, 4) is 11.5 Å². The molecule has 1 atom stereocenters. The molecule has 0 spiro atoms. The Morgan fingerprint density at radius 3 is 2.22 bits per heavy atom. The van der Waals surface area contributed by atoms with Crippen LogP contribution in [0.2, 0.25) is 0 Å². The lowest BCUT2D eigenvalue weighted by Gasteiger charge is -2.11. The third-order valence-corrected chi connectivity index (χ3v) is 3.29. The topological polar surface area (TPSA) is 18.5 Å².